The van der Waals surface area contributed by atoms with Gasteiger partial charge in [0.15, 0.2) is 0 Å². The summed E-state index contributed by atoms with van der Waals surface area (Å²) in [5.74, 6) is 0.570. The first kappa shape index (κ1) is 16.6. The van der Waals surface area contributed by atoms with E-state index in [0.29, 0.717) is 23.6 Å². The minimum absolute atomic E-state index is 0.570. The van der Waals surface area contributed by atoms with Gasteiger partial charge in [0.1, 0.15) is 5.02 Å². The number of hydrogen-bond donors (Lipinski definition) is 1. The maximum absolute atomic E-state index is 6.23. The number of halogens is 1. The molecule has 4 heteroatoms. The van der Waals surface area contributed by atoms with E-state index in [9.17, 15) is 0 Å². The average Bonchev–Trinajstić information content (AvgIpc) is 3.30. The molecule has 0 unspecified atom stereocenters. The number of ether oxygens (including phenoxy) is 1. The Morgan fingerprint density at radius 3 is 2.71 bits per heavy atom. The molecule has 0 radical (unpaired) electrons. The molecule has 0 saturated heterocycles. The Hall–Kier alpha value is -0.800. The van der Waals surface area contributed by atoms with Crippen molar-refractivity contribution in [3.05, 3.63) is 22.8 Å². The highest BCUT2D eigenvalue weighted by Gasteiger charge is 2.20. The lowest BCUT2D eigenvalue weighted by Gasteiger charge is -2.09. The van der Waals surface area contributed by atoms with Crippen LogP contribution in [0.2, 0.25) is 5.02 Å². The van der Waals surface area contributed by atoms with E-state index < -0.39 is 0 Å². The Morgan fingerprint density at radius 1 is 1.24 bits per heavy atom. The Balaban J connectivity index is 1.63. The Bertz CT molecular complexity index is 421. The summed E-state index contributed by atoms with van der Waals surface area (Å²) >= 11 is 6.23. The number of aromatic nitrogens is 1. The number of rotatable bonds is 11. The van der Waals surface area contributed by atoms with Crippen molar-refractivity contribution in [2.24, 2.45) is 0 Å². The second-order valence-corrected chi connectivity index (χ2v) is 6.31. The fourth-order valence-electron chi connectivity index (χ4n) is 2.27. The number of pyridine rings is 1. The molecule has 1 aromatic rings. The van der Waals surface area contributed by atoms with Crippen LogP contribution in [0.15, 0.2) is 12.3 Å². The lowest BCUT2D eigenvalue weighted by Crippen LogP contribution is -2.15. The van der Waals surface area contributed by atoms with Crippen LogP contribution in [0.1, 0.15) is 63.9 Å². The highest BCUT2D eigenvalue weighted by atomic mass is 35.5. The van der Waals surface area contributed by atoms with E-state index >= 15 is 0 Å². The van der Waals surface area contributed by atoms with Gasteiger partial charge in [0.25, 0.3) is 0 Å². The molecular formula is C17H27ClN2O. The minimum Gasteiger partial charge on any atom is -0.477 e. The molecule has 0 aromatic carbocycles. The third-order valence-electron chi connectivity index (χ3n) is 3.77. The van der Waals surface area contributed by atoms with Gasteiger partial charge in [-0.25, -0.2) is 4.98 Å². The van der Waals surface area contributed by atoms with Gasteiger partial charge < -0.3 is 10.1 Å². The Morgan fingerprint density at radius 2 is 2.00 bits per heavy atom. The van der Waals surface area contributed by atoms with Crippen molar-refractivity contribution in [2.75, 3.05) is 6.61 Å². The van der Waals surface area contributed by atoms with E-state index in [0.717, 1.165) is 18.5 Å². The monoisotopic (exact) mass is 310 g/mol. The van der Waals surface area contributed by atoms with Gasteiger partial charge in [0.2, 0.25) is 5.88 Å². The van der Waals surface area contributed by atoms with Crippen LogP contribution in [0.5, 0.6) is 5.88 Å². The summed E-state index contributed by atoms with van der Waals surface area (Å²) in [5, 5.41) is 4.08. The molecule has 0 amide bonds. The summed E-state index contributed by atoms with van der Waals surface area (Å²) in [7, 11) is 0. The number of unbranched alkanes of at least 4 members (excludes halogenated alkanes) is 5. The summed E-state index contributed by atoms with van der Waals surface area (Å²) in [6.07, 6.45) is 12.0. The smallest absolute Gasteiger partial charge is 0.232 e. The molecule has 1 heterocycles. The minimum atomic E-state index is 0.570. The van der Waals surface area contributed by atoms with Crippen LogP contribution in [-0.4, -0.2) is 17.6 Å². The van der Waals surface area contributed by atoms with E-state index in [2.05, 4.69) is 17.2 Å². The van der Waals surface area contributed by atoms with Gasteiger partial charge in [0.05, 0.1) is 6.61 Å². The summed E-state index contributed by atoms with van der Waals surface area (Å²) in [6, 6.07) is 2.66. The van der Waals surface area contributed by atoms with Gasteiger partial charge in [-0.15, -0.1) is 0 Å². The molecule has 1 N–H and O–H groups in total. The van der Waals surface area contributed by atoms with Crippen molar-refractivity contribution in [1.29, 1.82) is 0 Å². The number of hydrogen-bond acceptors (Lipinski definition) is 3. The van der Waals surface area contributed by atoms with Crippen LogP contribution < -0.4 is 10.1 Å². The van der Waals surface area contributed by atoms with E-state index in [1.54, 1.807) is 0 Å². The quantitative estimate of drug-likeness (QED) is 0.600. The van der Waals surface area contributed by atoms with Gasteiger partial charge in [-0.2, -0.15) is 0 Å². The van der Waals surface area contributed by atoms with E-state index in [1.807, 2.05) is 12.3 Å². The molecule has 1 fully saturated rings. The lowest BCUT2D eigenvalue weighted by molar-refractivity contribution is 0.293. The zero-order valence-corrected chi connectivity index (χ0v) is 13.8. The molecule has 118 valence electrons. The van der Waals surface area contributed by atoms with Crippen molar-refractivity contribution in [3.8, 4) is 5.88 Å². The van der Waals surface area contributed by atoms with Crippen molar-refractivity contribution in [3.63, 3.8) is 0 Å². The normalized spacial score (nSPS) is 14.4. The summed E-state index contributed by atoms with van der Waals surface area (Å²) in [5.41, 5.74) is 1.12. The van der Waals surface area contributed by atoms with Gasteiger partial charge in [-0.05, 0) is 30.9 Å². The molecule has 0 atom stereocenters. The first-order valence-corrected chi connectivity index (χ1v) is 8.68. The summed E-state index contributed by atoms with van der Waals surface area (Å²) in [4.78, 5) is 4.33. The van der Waals surface area contributed by atoms with Crippen molar-refractivity contribution in [1.82, 2.24) is 10.3 Å². The number of nitrogens with one attached hydrogen (secondary N) is 1. The molecular weight excluding hydrogens is 284 g/mol. The maximum atomic E-state index is 6.23. The fourth-order valence-corrected chi connectivity index (χ4v) is 2.51. The standard InChI is InChI=1S/C17H27ClN2O/c1-2-3-4-5-6-7-10-21-17-16(18)11-14(13-20-17)12-19-15-8-9-15/h11,13,15,19H,2-10,12H2,1H3. The van der Waals surface area contributed by atoms with Crippen molar-refractivity contribution in [2.45, 2.75) is 70.9 Å². The van der Waals surface area contributed by atoms with Gasteiger partial charge in [-0.3, -0.25) is 0 Å². The fraction of sp³-hybridized carbons (Fsp3) is 0.706. The van der Waals surface area contributed by atoms with Crippen molar-refractivity contribution < 1.29 is 4.74 Å². The molecule has 1 aliphatic carbocycles. The van der Waals surface area contributed by atoms with Crippen LogP contribution in [0.3, 0.4) is 0 Å². The molecule has 2 rings (SSSR count). The molecule has 0 aliphatic heterocycles. The maximum Gasteiger partial charge on any atom is 0.232 e. The third-order valence-corrected chi connectivity index (χ3v) is 4.04. The molecule has 21 heavy (non-hydrogen) atoms. The zero-order valence-electron chi connectivity index (χ0n) is 13.0. The Kier molecular flexibility index (Phi) is 7.31. The van der Waals surface area contributed by atoms with Gasteiger partial charge in [0, 0.05) is 18.8 Å². The molecule has 0 spiro atoms. The molecule has 1 saturated carbocycles. The van der Waals surface area contributed by atoms with E-state index in [1.165, 1.54) is 44.9 Å². The molecule has 3 nitrogen and oxygen atoms in total. The van der Waals surface area contributed by atoms with Crippen LogP contribution >= 0.6 is 11.6 Å². The highest BCUT2D eigenvalue weighted by molar-refractivity contribution is 6.31. The first-order chi connectivity index (χ1) is 10.3. The predicted octanol–water partition coefficient (Wildman–Crippen LogP) is 4.73. The zero-order chi connectivity index (χ0) is 14.9. The van der Waals surface area contributed by atoms with Crippen LogP contribution in [0.25, 0.3) is 0 Å². The Labute approximate surface area is 133 Å². The summed E-state index contributed by atoms with van der Waals surface area (Å²) in [6.45, 7) is 3.79. The van der Waals surface area contributed by atoms with Crippen molar-refractivity contribution >= 4 is 11.6 Å². The predicted molar refractivity (Wildman–Crippen MR) is 88.0 cm³/mol. The summed E-state index contributed by atoms with van der Waals surface area (Å²) < 4.78 is 5.67. The van der Waals surface area contributed by atoms with E-state index in [4.69, 9.17) is 16.3 Å². The molecule has 1 aromatic heterocycles. The van der Waals surface area contributed by atoms with E-state index in [-0.39, 0.29) is 0 Å². The first-order valence-electron chi connectivity index (χ1n) is 8.30. The van der Waals surface area contributed by atoms with Gasteiger partial charge in [-0.1, -0.05) is 50.6 Å². The molecule has 1 aliphatic rings. The second-order valence-electron chi connectivity index (χ2n) is 5.90. The largest absolute Gasteiger partial charge is 0.477 e. The second kappa shape index (κ2) is 9.26. The average molecular weight is 311 g/mol. The van der Waals surface area contributed by atoms with Gasteiger partial charge >= 0.3 is 0 Å². The SMILES string of the molecule is CCCCCCCCOc1ncc(CNC2CC2)cc1Cl. The topological polar surface area (TPSA) is 34.1 Å². The lowest BCUT2D eigenvalue weighted by atomic mass is 10.1. The highest BCUT2D eigenvalue weighted by Crippen LogP contribution is 2.24. The van der Waals surface area contributed by atoms with Crippen LogP contribution in [-0.2, 0) is 6.54 Å². The molecule has 0 bridgehead atoms. The van der Waals surface area contributed by atoms with Crippen LogP contribution in [0.4, 0.5) is 0 Å². The third kappa shape index (κ3) is 6.66. The van der Waals surface area contributed by atoms with Crippen LogP contribution in [0, 0.1) is 0 Å². The number of nitrogens with zero attached hydrogens (tertiary/aromatic N) is 1.